The second-order valence-electron chi connectivity index (χ2n) is 8.17. The van der Waals surface area contributed by atoms with Gasteiger partial charge in [0.25, 0.3) is 0 Å². The Morgan fingerprint density at radius 3 is 2.32 bits per heavy atom. The molecular formula is C23H22F3N3O4S. The van der Waals surface area contributed by atoms with E-state index < -0.39 is 22.1 Å². The predicted octanol–water partition coefficient (Wildman–Crippen LogP) is 4.44. The lowest BCUT2D eigenvalue weighted by Crippen LogP contribution is -2.40. The SMILES string of the molecule is N#Cc1cccc(/C(=N/OC2CCN(S(=O)(=O)c3ccc(OC(F)(F)F)cc3)CC2)C2CC2)c1. The summed E-state index contributed by atoms with van der Waals surface area (Å²) in [6, 6.07) is 13.5. The van der Waals surface area contributed by atoms with Gasteiger partial charge in [-0.25, -0.2) is 8.42 Å². The van der Waals surface area contributed by atoms with Gasteiger partial charge in [-0.15, -0.1) is 13.2 Å². The van der Waals surface area contributed by atoms with E-state index >= 15 is 0 Å². The van der Waals surface area contributed by atoms with Crippen molar-refractivity contribution < 1.29 is 31.2 Å². The van der Waals surface area contributed by atoms with E-state index in [9.17, 15) is 21.6 Å². The Bertz CT molecular complexity index is 1200. The molecule has 1 aliphatic heterocycles. The predicted molar refractivity (Wildman–Crippen MR) is 116 cm³/mol. The zero-order valence-electron chi connectivity index (χ0n) is 18.0. The number of piperidine rings is 1. The van der Waals surface area contributed by atoms with Crippen LogP contribution in [0, 0.1) is 17.2 Å². The molecular weight excluding hydrogens is 471 g/mol. The summed E-state index contributed by atoms with van der Waals surface area (Å²) < 4.78 is 67.7. The summed E-state index contributed by atoms with van der Waals surface area (Å²) in [5.74, 6) is -0.193. The Hall–Kier alpha value is -3.10. The highest BCUT2D eigenvalue weighted by Gasteiger charge is 2.33. The maximum atomic E-state index is 12.9. The number of nitriles is 1. The number of benzene rings is 2. The van der Waals surface area contributed by atoms with Crippen molar-refractivity contribution in [2.45, 2.75) is 43.0 Å². The van der Waals surface area contributed by atoms with E-state index in [4.69, 9.17) is 10.1 Å². The van der Waals surface area contributed by atoms with Gasteiger partial charge < -0.3 is 9.57 Å². The molecule has 0 atom stereocenters. The molecule has 1 heterocycles. The molecule has 2 aliphatic rings. The monoisotopic (exact) mass is 493 g/mol. The molecule has 0 N–H and O–H groups in total. The fourth-order valence-electron chi connectivity index (χ4n) is 3.74. The minimum atomic E-state index is -4.84. The van der Waals surface area contributed by atoms with Crippen LogP contribution in [0.4, 0.5) is 13.2 Å². The van der Waals surface area contributed by atoms with E-state index in [1.807, 2.05) is 6.07 Å². The molecule has 0 radical (unpaired) electrons. The van der Waals surface area contributed by atoms with E-state index in [2.05, 4.69) is 16.0 Å². The third-order valence-electron chi connectivity index (χ3n) is 5.65. The van der Waals surface area contributed by atoms with Crippen molar-refractivity contribution in [3.05, 3.63) is 59.7 Å². The van der Waals surface area contributed by atoms with Crippen molar-refractivity contribution in [1.82, 2.24) is 4.31 Å². The van der Waals surface area contributed by atoms with Gasteiger partial charge in [-0.2, -0.15) is 9.57 Å². The Kier molecular flexibility index (Phi) is 6.81. The van der Waals surface area contributed by atoms with E-state index in [1.54, 1.807) is 18.2 Å². The third kappa shape index (κ3) is 5.87. The standard InChI is InChI=1S/C23H22F3N3O4S/c24-23(25,26)32-19-6-8-21(9-7-19)34(30,31)29-12-10-20(11-13-29)33-28-22(17-4-5-17)18-3-1-2-16(14-18)15-27/h1-3,6-9,14,17,20H,4-5,10-13H2/b28-22+. The molecule has 0 aromatic heterocycles. The number of oxime groups is 1. The summed E-state index contributed by atoms with van der Waals surface area (Å²) in [6.45, 7) is 0.401. The minimum Gasteiger partial charge on any atom is -0.406 e. The Morgan fingerprint density at radius 1 is 1.06 bits per heavy atom. The van der Waals surface area contributed by atoms with Gasteiger partial charge in [0, 0.05) is 37.4 Å². The van der Waals surface area contributed by atoms with Gasteiger partial charge in [0.05, 0.1) is 22.2 Å². The third-order valence-corrected chi connectivity index (χ3v) is 7.56. The van der Waals surface area contributed by atoms with Crippen molar-refractivity contribution in [2.24, 2.45) is 11.1 Å². The summed E-state index contributed by atoms with van der Waals surface area (Å²) in [7, 11) is -3.86. The van der Waals surface area contributed by atoms with Crippen molar-refractivity contribution >= 4 is 15.7 Å². The molecule has 0 bridgehead atoms. The smallest absolute Gasteiger partial charge is 0.406 e. The lowest BCUT2D eigenvalue weighted by molar-refractivity contribution is -0.274. The summed E-state index contributed by atoms with van der Waals surface area (Å²) in [5.41, 5.74) is 2.19. The molecule has 11 heteroatoms. The molecule has 4 rings (SSSR count). The lowest BCUT2D eigenvalue weighted by atomic mass is 10.0. The quantitative estimate of drug-likeness (QED) is 0.420. The van der Waals surface area contributed by atoms with Gasteiger partial charge in [0.1, 0.15) is 11.9 Å². The molecule has 0 unspecified atom stereocenters. The minimum absolute atomic E-state index is 0.104. The van der Waals surface area contributed by atoms with E-state index in [-0.39, 0.29) is 24.1 Å². The van der Waals surface area contributed by atoms with E-state index in [1.165, 1.54) is 4.31 Å². The molecule has 1 saturated carbocycles. The maximum Gasteiger partial charge on any atom is 0.573 e. The Labute approximate surface area is 195 Å². The van der Waals surface area contributed by atoms with Gasteiger partial charge in [-0.05, 0) is 49.2 Å². The number of hydrogen-bond donors (Lipinski definition) is 0. The molecule has 34 heavy (non-hydrogen) atoms. The molecule has 0 amide bonds. The summed E-state index contributed by atoms with van der Waals surface area (Å²) >= 11 is 0. The van der Waals surface area contributed by atoms with Gasteiger partial charge in [-0.1, -0.05) is 17.3 Å². The number of sulfonamides is 1. The average molecular weight is 494 g/mol. The summed E-state index contributed by atoms with van der Waals surface area (Å²) in [4.78, 5) is 5.66. The molecule has 1 aliphatic carbocycles. The number of nitrogens with zero attached hydrogens (tertiary/aromatic N) is 3. The van der Waals surface area contributed by atoms with Gasteiger partial charge >= 0.3 is 6.36 Å². The van der Waals surface area contributed by atoms with Crippen LogP contribution in [0.25, 0.3) is 0 Å². The number of ether oxygens (including phenoxy) is 1. The van der Waals surface area contributed by atoms with Gasteiger partial charge in [-0.3, -0.25) is 0 Å². The van der Waals surface area contributed by atoms with Crippen LogP contribution < -0.4 is 4.74 Å². The number of rotatable bonds is 7. The van der Waals surface area contributed by atoms with Crippen LogP contribution >= 0.6 is 0 Å². The van der Waals surface area contributed by atoms with Crippen LogP contribution in [0.5, 0.6) is 5.75 Å². The average Bonchev–Trinajstić information content (AvgIpc) is 3.64. The molecule has 7 nitrogen and oxygen atoms in total. The van der Waals surface area contributed by atoms with Crippen LogP contribution in [0.2, 0.25) is 0 Å². The summed E-state index contributed by atoms with van der Waals surface area (Å²) in [5, 5.41) is 13.5. The van der Waals surface area contributed by atoms with Crippen molar-refractivity contribution in [1.29, 1.82) is 5.26 Å². The molecule has 0 spiro atoms. The molecule has 180 valence electrons. The normalized spacial score (nSPS) is 18.4. The number of hydrogen-bond acceptors (Lipinski definition) is 6. The van der Waals surface area contributed by atoms with Crippen LogP contribution in [-0.4, -0.2) is 44.0 Å². The highest BCUT2D eigenvalue weighted by atomic mass is 32.2. The first-order valence-corrected chi connectivity index (χ1v) is 12.2. The van der Waals surface area contributed by atoms with Crippen molar-refractivity contribution in [2.75, 3.05) is 13.1 Å². The van der Waals surface area contributed by atoms with E-state index in [0.717, 1.165) is 48.4 Å². The fraction of sp³-hybridized carbons (Fsp3) is 0.391. The van der Waals surface area contributed by atoms with Gasteiger partial charge in [0.2, 0.25) is 10.0 Å². The van der Waals surface area contributed by atoms with Crippen LogP contribution in [0.3, 0.4) is 0 Å². The first-order valence-electron chi connectivity index (χ1n) is 10.8. The van der Waals surface area contributed by atoms with Crippen LogP contribution in [0.1, 0.15) is 36.8 Å². The van der Waals surface area contributed by atoms with E-state index in [0.29, 0.717) is 24.3 Å². The van der Waals surface area contributed by atoms with Crippen molar-refractivity contribution in [3.8, 4) is 11.8 Å². The fourth-order valence-corrected chi connectivity index (χ4v) is 5.21. The van der Waals surface area contributed by atoms with Crippen LogP contribution in [0.15, 0.2) is 58.6 Å². The summed E-state index contributed by atoms with van der Waals surface area (Å²) in [6.07, 6.45) is -2.25. The first kappa shape index (κ1) is 24.0. The second-order valence-corrected chi connectivity index (χ2v) is 10.1. The number of alkyl halides is 3. The molecule has 2 aromatic carbocycles. The maximum absolute atomic E-state index is 12.9. The highest BCUT2D eigenvalue weighted by Crippen LogP contribution is 2.34. The molecule has 2 aromatic rings. The lowest BCUT2D eigenvalue weighted by Gasteiger charge is -2.30. The van der Waals surface area contributed by atoms with Crippen molar-refractivity contribution in [3.63, 3.8) is 0 Å². The first-order chi connectivity index (χ1) is 16.2. The molecule has 2 fully saturated rings. The second kappa shape index (κ2) is 9.64. The molecule has 1 saturated heterocycles. The zero-order chi connectivity index (χ0) is 24.3. The number of halogens is 3. The Balaban J connectivity index is 1.37. The largest absolute Gasteiger partial charge is 0.573 e. The van der Waals surface area contributed by atoms with Gasteiger partial charge in [0.15, 0.2) is 0 Å². The van der Waals surface area contributed by atoms with Crippen LogP contribution in [-0.2, 0) is 14.9 Å². The highest BCUT2D eigenvalue weighted by molar-refractivity contribution is 7.89. The Morgan fingerprint density at radius 2 is 1.74 bits per heavy atom. The zero-order valence-corrected chi connectivity index (χ0v) is 18.8. The topological polar surface area (TPSA) is 92.0 Å².